The van der Waals surface area contributed by atoms with E-state index in [2.05, 4.69) is 9.47 Å². The zero-order chi connectivity index (χ0) is 5.70. The first kappa shape index (κ1) is 10.8. The number of carbonyl (C=O) groups is 1. The molecule has 0 rings (SSSR count). The maximum Gasteiger partial charge on any atom is 0.507 e. The van der Waals surface area contributed by atoms with Crippen molar-refractivity contribution in [2.24, 2.45) is 0 Å². The average molecular weight is 111 g/mol. The van der Waals surface area contributed by atoms with Gasteiger partial charge in [-0.15, -0.1) is 0 Å². The normalized spacial score (nSPS) is 6.75. The van der Waals surface area contributed by atoms with E-state index in [9.17, 15) is 4.79 Å². The van der Waals surface area contributed by atoms with Crippen LogP contribution in [-0.2, 0) is 9.47 Å². The van der Waals surface area contributed by atoms with Crippen LogP contribution >= 0.6 is 0 Å². The number of rotatable bonds is 1. The second-order valence-corrected chi connectivity index (χ2v) is 0.887. The van der Waals surface area contributed by atoms with Gasteiger partial charge in [0.05, 0.1) is 13.7 Å². The Kier molecular flexibility index (Phi) is 9.25. The van der Waals surface area contributed by atoms with Crippen molar-refractivity contribution in [2.45, 2.75) is 6.92 Å². The minimum atomic E-state index is -0.623. The Morgan fingerprint density at radius 2 is 2.12 bits per heavy atom. The van der Waals surface area contributed by atoms with Crippen molar-refractivity contribution in [3.63, 3.8) is 0 Å². The Bertz CT molecular complexity index is 64.3. The average Bonchev–Trinajstić information content (AvgIpc) is 1.68. The Morgan fingerprint density at radius 1 is 1.62 bits per heavy atom. The molecule has 0 amide bonds. The number of methoxy groups -OCH3 is 1. The van der Waals surface area contributed by atoms with Gasteiger partial charge in [0.15, 0.2) is 0 Å². The van der Waals surface area contributed by atoms with Gasteiger partial charge in [0.25, 0.3) is 0 Å². The van der Waals surface area contributed by atoms with Crippen LogP contribution in [0.5, 0.6) is 0 Å². The molecular weight excluding hydrogens is 103 g/mol. The van der Waals surface area contributed by atoms with E-state index in [0.717, 1.165) is 0 Å². The summed E-state index contributed by atoms with van der Waals surface area (Å²) in [6, 6.07) is 0. The van der Waals surface area contributed by atoms with Crippen LogP contribution in [0.1, 0.15) is 6.92 Å². The van der Waals surface area contributed by atoms with E-state index in [4.69, 9.17) is 0 Å². The van der Waals surface area contributed by atoms with E-state index in [1.54, 1.807) is 6.92 Å². The summed E-state index contributed by atoms with van der Waals surface area (Å²) in [6.07, 6.45) is -0.623. The maximum atomic E-state index is 9.97. The second kappa shape index (κ2) is 6.87. The molecule has 3 nitrogen and oxygen atoms in total. The molecule has 0 saturated carbocycles. The third-order valence-corrected chi connectivity index (χ3v) is 0.429. The van der Waals surface area contributed by atoms with Crippen molar-refractivity contribution >= 4 is 25.0 Å². The van der Waals surface area contributed by atoms with Crippen molar-refractivity contribution in [3.8, 4) is 0 Å². The van der Waals surface area contributed by atoms with E-state index >= 15 is 0 Å². The number of ether oxygens (including phenoxy) is 2. The molecule has 0 unspecified atom stereocenters. The largest absolute Gasteiger partial charge is 0.507 e. The van der Waals surface area contributed by atoms with Crippen LogP contribution in [0.4, 0.5) is 4.79 Å². The van der Waals surface area contributed by atoms with Crippen LogP contribution in [0, 0.1) is 0 Å². The Labute approximate surface area is 60.5 Å². The molecule has 4 heteroatoms. The van der Waals surface area contributed by atoms with Crippen LogP contribution in [0.15, 0.2) is 0 Å². The van der Waals surface area contributed by atoms with Gasteiger partial charge >= 0.3 is 6.16 Å². The summed E-state index contributed by atoms with van der Waals surface area (Å²) >= 11 is 0. The van der Waals surface area contributed by atoms with Gasteiger partial charge in [-0.25, -0.2) is 4.79 Å². The molecule has 43 valence electrons. The summed E-state index contributed by atoms with van der Waals surface area (Å²) in [4.78, 5) is 9.97. The first-order valence-electron chi connectivity index (χ1n) is 2.02. The molecule has 0 aromatic heterocycles. The SMILES string of the molecule is CCOC(=O)OC.[Li]. The minimum Gasteiger partial charge on any atom is -0.438 e. The van der Waals surface area contributed by atoms with Crippen molar-refractivity contribution in [3.05, 3.63) is 0 Å². The molecule has 0 bridgehead atoms. The van der Waals surface area contributed by atoms with Gasteiger partial charge in [-0.1, -0.05) is 0 Å². The fourth-order valence-corrected chi connectivity index (χ4v) is 0.177. The molecule has 0 aliphatic heterocycles. The number of hydrogen-bond acceptors (Lipinski definition) is 3. The molecule has 0 heterocycles. The molecule has 8 heavy (non-hydrogen) atoms. The van der Waals surface area contributed by atoms with Gasteiger partial charge in [-0.3, -0.25) is 0 Å². The molecule has 0 aromatic rings. The molecule has 0 atom stereocenters. The minimum absolute atomic E-state index is 0. The van der Waals surface area contributed by atoms with Gasteiger partial charge in [-0.05, 0) is 6.92 Å². The van der Waals surface area contributed by atoms with E-state index in [1.807, 2.05) is 0 Å². The van der Waals surface area contributed by atoms with Crippen molar-refractivity contribution in [2.75, 3.05) is 13.7 Å². The van der Waals surface area contributed by atoms with Gasteiger partial charge in [0, 0.05) is 18.9 Å². The molecule has 0 spiro atoms. The van der Waals surface area contributed by atoms with Crippen molar-refractivity contribution in [1.82, 2.24) is 0 Å². The van der Waals surface area contributed by atoms with E-state index in [0.29, 0.717) is 6.61 Å². The maximum absolute atomic E-state index is 9.97. The third-order valence-electron chi connectivity index (χ3n) is 0.429. The van der Waals surface area contributed by atoms with Crippen LogP contribution in [0.3, 0.4) is 0 Å². The molecule has 0 N–H and O–H groups in total. The molecule has 0 fully saturated rings. The molecular formula is C4H8LiO3. The van der Waals surface area contributed by atoms with Crippen LogP contribution < -0.4 is 0 Å². The van der Waals surface area contributed by atoms with Gasteiger partial charge in [-0.2, -0.15) is 0 Å². The molecule has 1 radical (unpaired) electrons. The Morgan fingerprint density at radius 3 is 2.25 bits per heavy atom. The fourth-order valence-electron chi connectivity index (χ4n) is 0.177. The second-order valence-electron chi connectivity index (χ2n) is 0.887. The molecule has 0 aromatic carbocycles. The van der Waals surface area contributed by atoms with Crippen molar-refractivity contribution in [1.29, 1.82) is 0 Å². The summed E-state index contributed by atoms with van der Waals surface area (Å²) in [6.45, 7) is 2.09. The van der Waals surface area contributed by atoms with Crippen LogP contribution in [-0.4, -0.2) is 38.7 Å². The summed E-state index contributed by atoms with van der Waals surface area (Å²) in [5, 5.41) is 0. The molecule has 0 saturated heterocycles. The van der Waals surface area contributed by atoms with E-state index in [-0.39, 0.29) is 18.9 Å². The smallest absolute Gasteiger partial charge is 0.438 e. The zero-order valence-corrected chi connectivity index (χ0v) is 5.43. The van der Waals surface area contributed by atoms with Gasteiger partial charge in [0.2, 0.25) is 0 Å². The predicted molar refractivity (Wildman–Crippen MR) is 29.8 cm³/mol. The summed E-state index contributed by atoms with van der Waals surface area (Å²) < 4.78 is 8.46. The predicted octanol–water partition coefficient (Wildman–Crippen LogP) is 0.409. The molecule has 0 aliphatic rings. The van der Waals surface area contributed by atoms with E-state index in [1.165, 1.54) is 7.11 Å². The zero-order valence-electron chi connectivity index (χ0n) is 5.43. The standard InChI is InChI=1S/C4H8O3.Li/c1-3-7-4(5)6-2;/h3H2,1-2H3;. The third kappa shape index (κ3) is 5.87. The number of carbonyl (C=O) groups excluding carboxylic acids is 1. The fraction of sp³-hybridized carbons (Fsp3) is 0.750. The summed E-state index contributed by atoms with van der Waals surface area (Å²) in [5.74, 6) is 0. The van der Waals surface area contributed by atoms with E-state index < -0.39 is 6.16 Å². The summed E-state index contributed by atoms with van der Waals surface area (Å²) in [5.41, 5.74) is 0. The van der Waals surface area contributed by atoms with Gasteiger partial charge in [0.1, 0.15) is 0 Å². The molecule has 0 aliphatic carbocycles. The first-order valence-corrected chi connectivity index (χ1v) is 2.02. The van der Waals surface area contributed by atoms with Crippen LogP contribution in [0.2, 0.25) is 0 Å². The topological polar surface area (TPSA) is 35.5 Å². The van der Waals surface area contributed by atoms with Crippen LogP contribution in [0.25, 0.3) is 0 Å². The van der Waals surface area contributed by atoms with Gasteiger partial charge < -0.3 is 9.47 Å². The van der Waals surface area contributed by atoms with Crippen molar-refractivity contribution < 1.29 is 14.3 Å². The first-order chi connectivity index (χ1) is 3.31. The number of hydrogen-bond donors (Lipinski definition) is 0. The monoisotopic (exact) mass is 111 g/mol. The summed E-state index contributed by atoms with van der Waals surface area (Å²) in [7, 11) is 1.28. The quantitative estimate of drug-likeness (QED) is 0.363. The Balaban J connectivity index is 0. The Hall–Kier alpha value is -0.133.